The minimum atomic E-state index is -0.442. The molecule has 0 radical (unpaired) electrons. The number of benzene rings is 3. The summed E-state index contributed by atoms with van der Waals surface area (Å²) in [4.78, 5) is 25.6. The number of rotatable bonds is 7. The van der Waals surface area contributed by atoms with Crippen molar-refractivity contribution in [2.24, 2.45) is 0 Å². The molecule has 3 aromatic carbocycles. The maximum absolute atomic E-state index is 14.0. The van der Waals surface area contributed by atoms with E-state index in [1.54, 1.807) is 20.3 Å². The molecule has 2 unspecified atom stereocenters. The van der Waals surface area contributed by atoms with Gasteiger partial charge < -0.3 is 29.6 Å². The van der Waals surface area contributed by atoms with Gasteiger partial charge in [0.2, 0.25) is 0 Å². The summed E-state index contributed by atoms with van der Waals surface area (Å²) in [6, 6.07) is 18.5. The van der Waals surface area contributed by atoms with E-state index in [9.17, 15) is 9.59 Å². The highest BCUT2D eigenvalue weighted by Crippen LogP contribution is 2.47. The van der Waals surface area contributed by atoms with Crippen LogP contribution >= 0.6 is 0 Å². The van der Waals surface area contributed by atoms with E-state index in [0.717, 1.165) is 33.9 Å². The first-order valence-corrected chi connectivity index (χ1v) is 13.0. The van der Waals surface area contributed by atoms with Gasteiger partial charge in [0.05, 0.1) is 38.2 Å². The zero-order valence-corrected chi connectivity index (χ0v) is 22.5. The lowest BCUT2D eigenvalue weighted by molar-refractivity contribution is -0.132. The Kier molecular flexibility index (Phi) is 7.45. The molecule has 0 bridgehead atoms. The maximum atomic E-state index is 14.0. The Labute approximate surface area is 227 Å². The van der Waals surface area contributed by atoms with E-state index in [1.807, 2.05) is 61.5 Å². The van der Waals surface area contributed by atoms with E-state index in [2.05, 4.69) is 10.6 Å². The molecule has 1 aliphatic heterocycles. The molecule has 5 rings (SSSR count). The fraction of sp³-hybridized carbons (Fsp3) is 0.290. The monoisotopic (exact) mass is 528 g/mol. The zero-order valence-electron chi connectivity index (χ0n) is 22.5. The summed E-state index contributed by atoms with van der Waals surface area (Å²) in [5.74, 6) is 1.74. The van der Waals surface area contributed by atoms with Crippen molar-refractivity contribution in [2.45, 2.75) is 38.6 Å². The predicted octanol–water partition coefficient (Wildman–Crippen LogP) is 6.01. The number of methoxy groups -OCH3 is 2. The van der Waals surface area contributed by atoms with Crippen LogP contribution in [0.5, 0.6) is 23.0 Å². The highest BCUT2D eigenvalue weighted by Gasteiger charge is 2.37. The SMILES string of the molecule is CCOc1cc(C2Nc3ccccc3NC3=C2C(=O)CC(c2cc(OC)ccc2OC)C3)ccc1OC(C)=O. The molecule has 3 aromatic rings. The topological polar surface area (TPSA) is 95.1 Å². The second-order valence-electron chi connectivity index (χ2n) is 9.51. The molecular formula is C31H32N2O6. The number of fused-ring (bicyclic) bond motifs is 1. The number of allylic oxidation sites excluding steroid dienone is 1. The van der Waals surface area contributed by atoms with Gasteiger partial charge in [0.15, 0.2) is 17.3 Å². The van der Waals surface area contributed by atoms with Crippen LogP contribution in [-0.2, 0) is 9.59 Å². The molecule has 8 nitrogen and oxygen atoms in total. The summed E-state index contributed by atoms with van der Waals surface area (Å²) in [5, 5.41) is 7.14. The summed E-state index contributed by atoms with van der Waals surface area (Å²) in [5.41, 5.74) is 5.05. The van der Waals surface area contributed by atoms with E-state index in [-0.39, 0.29) is 11.7 Å². The van der Waals surface area contributed by atoms with Crippen LogP contribution in [0.3, 0.4) is 0 Å². The molecule has 0 amide bonds. The largest absolute Gasteiger partial charge is 0.497 e. The number of ketones is 1. The summed E-state index contributed by atoms with van der Waals surface area (Å²) in [6.45, 7) is 3.62. The fourth-order valence-electron chi connectivity index (χ4n) is 5.33. The van der Waals surface area contributed by atoms with Gasteiger partial charge in [-0.05, 0) is 61.4 Å². The normalized spacial score (nSPS) is 18.1. The number of nitrogens with one attached hydrogen (secondary N) is 2. The molecule has 39 heavy (non-hydrogen) atoms. The molecule has 2 N–H and O–H groups in total. The van der Waals surface area contributed by atoms with Crippen molar-refractivity contribution in [1.29, 1.82) is 0 Å². The molecular weight excluding hydrogens is 496 g/mol. The van der Waals surface area contributed by atoms with Gasteiger partial charge in [-0.3, -0.25) is 9.59 Å². The third-order valence-corrected chi connectivity index (χ3v) is 7.04. The van der Waals surface area contributed by atoms with Crippen LogP contribution < -0.4 is 29.6 Å². The predicted molar refractivity (Wildman–Crippen MR) is 149 cm³/mol. The Hall–Kier alpha value is -4.46. The van der Waals surface area contributed by atoms with Gasteiger partial charge in [-0.15, -0.1) is 0 Å². The molecule has 8 heteroatoms. The molecule has 2 aliphatic rings. The van der Waals surface area contributed by atoms with Gasteiger partial charge >= 0.3 is 5.97 Å². The third kappa shape index (κ3) is 5.27. The van der Waals surface area contributed by atoms with Gasteiger partial charge in [0, 0.05) is 36.1 Å². The summed E-state index contributed by atoms with van der Waals surface area (Å²) in [6.07, 6.45) is 0.934. The molecule has 0 fully saturated rings. The standard InChI is InChI=1S/C31H32N2O6/c1-5-38-29-16-19(10-12-28(29)39-18(2)34)31-30-25(32-23-8-6-7-9-24(23)33-31)14-20(15-26(30)35)22-17-21(36-3)11-13-27(22)37-4/h6-13,16-17,20,31-33H,5,14-15H2,1-4H3. The summed E-state index contributed by atoms with van der Waals surface area (Å²) >= 11 is 0. The highest BCUT2D eigenvalue weighted by atomic mass is 16.6. The van der Waals surface area contributed by atoms with Crippen molar-refractivity contribution in [1.82, 2.24) is 0 Å². The van der Waals surface area contributed by atoms with E-state index in [0.29, 0.717) is 42.3 Å². The van der Waals surface area contributed by atoms with Gasteiger partial charge in [-0.1, -0.05) is 18.2 Å². The van der Waals surface area contributed by atoms with E-state index < -0.39 is 12.0 Å². The number of para-hydroxylation sites is 2. The zero-order chi connectivity index (χ0) is 27.5. The molecule has 0 saturated heterocycles. The van der Waals surface area contributed by atoms with E-state index >= 15 is 0 Å². The Bertz CT molecular complexity index is 1450. The van der Waals surface area contributed by atoms with E-state index in [4.69, 9.17) is 18.9 Å². The lowest BCUT2D eigenvalue weighted by Crippen LogP contribution is -2.27. The summed E-state index contributed by atoms with van der Waals surface area (Å²) < 4.78 is 22.3. The van der Waals surface area contributed by atoms with Crippen LogP contribution in [0.4, 0.5) is 11.4 Å². The molecule has 1 aliphatic carbocycles. The Morgan fingerprint density at radius 2 is 1.69 bits per heavy atom. The minimum Gasteiger partial charge on any atom is -0.497 e. The summed E-state index contributed by atoms with van der Waals surface area (Å²) in [7, 11) is 3.26. The third-order valence-electron chi connectivity index (χ3n) is 7.04. The Morgan fingerprint density at radius 3 is 2.41 bits per heavy atom. The van der Waals surface area contributed by atoms with Crippen LogP contribution in [0.25, 0.3) is 0 Å². The minimum absolute atomic E-state index is 0.0333. The molecule has 1 heterocycles. The number of hydrogen-bond acceptors (Lipinski definition) is 8. The first-order valence-electron chi connectivity index (χ1n) is 13.0. The van der Waals surface area contributed by atoms with Crippen molar-refractivity contribution in [3.8, 4) is 23.0 Å². The van der Waals surface area contributed by atoms with Gasteiger partial charge in [-0.2, -0.15) is 0 Å². The van der Waals surface area contributed by atoms with Gasteiger partial charge in [-0.25, -0.2) is 0 Å². The second-order valence-corrected chi connectivity index (χ2v) is 9.51. The number of anilines is 2. The van der Waals surface area contributed by atoms with Crippen LogP contribution in [0.1, 0.15) is 49.8 Å². The molecule has 0 saturated carbocycles. The number of carbonyl (C=O) groups is 2. The first kappa shape index (κ1) is 26.2. The lowest BCUT2D eigenvalue weighted by Gasteiger charge is -2.30. The molecule has 2 atom stereocenters. The lowest BCUT2D eigenvalue weighted by atomic mass is 9.78. The fourth-order valence-corrected chi connectivity index (χ4v) is 5.33. The van der Waals surface area contributed by atoms with Crippen molar-refractivity contribution in [3.63, 3.8) is 0 Å². The Morgan fingerprint density at radius 1 is 0.923 bits per heavy atom. The molecule has 0 spiro atoms. The number of esters is 1. The van der Waals surface area contributed by atoms with Crippen molar-refractivity contribution in [3.05, 3.63) is 83.1 Å². The maximum Gasteiger partial charge on any atom is 0.308 e. The van der Waals surface area contributed by atoms with Crippen molar-refractivity contribution < 1.29 is 28.5 Å². The number of ether oxygens (including phenoxy) is 4. The van der Waals surface area contributed by atoms with E-state index in [1.165, 1.54) is 6.92 Å². The molecule has 202 valence electrons. The number of carbonyl (C=O) groups excluding carboxylic acids is 2. The highest BCUT2D eigenvalue weighted by molar-refractivity contribution is 6.01. The van der Waals surface area contributed by atoms with Gasteiger partial charge in [0.1, 0.15) is 11.5 Å². The van der Waals surface area contributed by atoms with Gasteiger partial charge in [0.25, 0.3) is 0 Å². The van der Waals surface area contributed by atoms with Crippen LogP contribution in [0, 0.1) is 0 Å². The molecule has 0 aromatic heterocycles. The van der Waals surface area contributed by atoms with Crippen molar-refractivity contribution >= 4 is 23.1 Å². The average molecular weight is 529 g/mol. The smallest absolute Gasteiger partial charge is 0.308 e. The van der Waals surface area contributed by atoms with Crippen LogP contribution in [-0.4, -0.2) is 32.6 Å². The van der Waals surface area contributed by atoms with Crippen molar-refractivity contribution in [2.75, 3.05) is 31.5 Å². The average Bonchev–Trinajstić information content (AvgIpc) is 3.10. The Balaban J connectivity index is 1.61. The quantitative estimate of drug-likeness (QED) is 0.285. The van der Waals surface area contributed by atoms with Crippen LogP contribution in [0.15, 0.2) is 71.9 Å². The first-order chi connectivity index (χ1) is 18.9. The number of Topliss-reactive ketones (excluding diaryl/α,β-unsaturated/α-hetero) is 1. The van der Waals surface area contributed by atoms with Crippen LogP contribution in [0.2, 0.25) is 0 Å². The second kappa shape index (κ2) is 11.1. The number of hydrogen-bond donors (Lipinski definition) is 2.